The summed E-state index contributed by atoms with van der Waals surface area (Å²) in [6.45, 7) is 0. The van der Waals surface area contributed by atoms with Crippen LogP contribution in [0.3, 0.4) is 0 Å². The molecule has 10 rings (SSSR count). The molecule has 1 heterocycles. The van der Waals surface area contributed by atoms with Gasteiger partial charge in [-0.15, -0.1) is 11.3 Å². The molecule has 52 heavy (non-hydrogen) atoms. The summed E-state index contributed by atoms with van der Waals surface area (Å²) in [6.07, 6.45) is 0. The quantitative estimate of drug-likeness (QED) is 0.169. The first-order valence-corrected chi connectivity index (χ1v) is 18.6. The number of thiophene rings is 1. The Morgan fingerprint density at radius 1 is 0.308 bits per heavy atom. The van der Waals surface area contributed by atoms with Crippen LogP contribution in [0.25, 0.3) is 75.1 Å². The minimum Gasteiger partial charge on any atom is -0.310 e. The maximum atomic E-state index is 2.39. The van der Waals surface area contributed by atoms with Gasteiger partial charge in [0.05, 0.1) is 0 Å². The second-order valence-corrected chi connectivity index (χ2v) is 14.4. The van der Waals surface area contributed by atoms with E-state index in [9.17, 15) is 0 Å². The molecule has 0 aliphatic rings. The van der Waals surface area contributed by atoms with Crippen LogP contribution >= 0.6 is 11.3 Å². The molecule has 0 N–H and O–H groups in total. The van der Waals surface area contributed by atoms with Crippen LogP contribution in [0.4, 0.5) is 17.1 Å². The van der Waals surface area contributed by atoms with E-state index >= 15 is 0 Å². The molecule has 0 radical (unpaired) electrons. The Labute approximate surface area is 307 Å². The molecular formula is C50H33NS. The summed E-state index contributed by atoms with van der Waals surface area (Å²) < 4.78 is 2.60. The normalized spacial score (nSPS) is 11.5. The third-order valence-electron chi connectivity index (χ3n) is 10.3. The van der Waals surface area contributed by atoms with Crippen molar-refractivity contribution in [2.45, 2.75) is 0 Å². The van der Waals surface area contributed by atoms with Crippen molar-refractivity contribution in [2.24, 2.45) is 0 Å². The molecule has 0 atom stereocenters. The van der Waals surface area contributed by atoms with Gasteiger partial charge in [0.1, 0.15) is 0 Å². The van der Waals surface area contributed by atoms with Crippen LogP contribution in [0.15, 0.2) is 200 Å². The topological polar surface area (TPSA) is 3.24 Å². The van der Waals surface area contributed by atoms with Crippen LogP contribution in [-0.2, 0) is 0 Å². The molecule has 0 bridgehead atoms. The first kappa shape index (κ1) is 30.4. The highest BCUT2D eigenvalue weighted by Gasteiger charge is 2.17. The molecule has 244 valence electrons. The van der Waals surface area contributed by atoms with Crippen molar-refractivity contribution in [3.63, 3.8) is 0 Å². The Balaban J connectivity index is 1.09. The molecule has 0 saturated heterocycles. The van der Waals surface area contributed by atoms with Crippen LogP contribution in [0, 0.1) is 0 Å². The van der Waals surface area contributed by atoms with Gasteiger partial charge in [-0.1, -0.05) is 158 Å². The van der Waals surface area contributed by atoms with Crippen LogP contribution in [0.1, 0.15) is 0 Å². The van der Waals surface area contributed by atoms with Gasteiger partial charge in [-0.2, -0.15) is 0 Å². The van der Waals surface area contributed by atoms with E-state index in [0.717, 1.165) is 17.1 Å². The number of hydrogen-bond acceptors (Lipinski definition) is 2. The van der Waals surface area contributed by atoms with Gasteiger partial charge in [-0.25, -0.2) is 0 Å². The average Bonchev–Trinajstić information content (AvgIpc) is 3.60. The van der Waals surface area contributed by atoms with E-state index in [1.165, 1.54) is 75.1 Å². The van der Waals surface area contributed by atoms with E-state index in [0.29, 0.717) is 0 Å². The lowest BCUT2D eigenvalue weighted by Crippen LogP contribution is -2.09. The van der Waals surface area contributed by atoms with Crippen molar-refractivity contribution in [3.05, 3.63) is 200 Å². The fourth-order valence-corrected chi connectivity index (χ4v) is 8.93. The Morgan fingerprint density at radius 3 is 1.69 bits per heavy atom. The number of rotatable bonds is 6. The molecule has 9 aromatic carbocycles. The van der Waals surface area contributed by atoms with Gasteiger partial charge in [0, 0.05) is 37.2 Å². The molecular weight excluding hydrogens is 647 g/mol. The van der Waals surface area contributed by atoms with Crippen molar-refractivity contribution >= 4 is 70.1 Å². The maximum absolute atomic E-state index is 2.39. The number of fused-ring (bicyclic) bond motifs is 5. The van der Waals surface area contributed by atoms with Gasteiger partial charge >= 0.3 is 0 Å². The molecule has 0 aliphatic heterocycles. The summed E-state index contributed by atoms with van der Waals surface area (Å²) in [7, 11) is 0. The lowest BCUT2D eigenvalue weighted by atomic mass is 9.98. The van der Waals surface area contributed by atoms with Crippen LogP contribution in [0.2, 0.25) is 0 Å². The van der Waals surface area contributed by atoms with E-state index < -0.39 is 0 Å². The average molecular weight is 680 g/mol. The summed E-state index contributed by atoms with van der Waals surface area (Å²) in [5.41, 5.74) is 10.8. The smallest absolute Gasteiger partial charge is 0.0476 e. The Hall–Kier alpha value is -6.48. The zero-order valence-electron chi connectivity index (χ0n) is 28.4. The zero-order valence-corrected chi connectivity index (χ0v) is 29.2. The van der Waals surface area contributed by atoms with Gasteiger partial charge in [0.2, 0.25) is 0 Å². The van der Waals surface area contributed by atoms with Crippen molar-refractivity contribution < 1.29 is 0 Å². The highest BCUT2D eigenvalue weighted by molar-refractivity contribution is 7.26. The Bertz CT molecular complexity index is 2880. The third kappa shape index (κ3) is 5.33. The Kier molecular flexibility index (Phi) is 7.41. The molecule has 0 saturated carbocycles. The van der Waals surface area contributed by atoms with Gasteiger partial charge in [0.25, 0.3) is 0 Å². The summed E-state index contributed by atoms with van der Waals surface area (Å²) >= 11 is 1.88. The standard InChI is InChI=1S/C50H33NS/c1-2-11-37(12-3-1)46-18-9-19-48-47-31-30-43(33-49(47)52-50(46)48)51(41-26-22-35(23-27-41)40-21-20-34-10-4-5-14-39(34)32-40)42-28-24-38(25-29-42)45-17-8-15-36-13-6-7-16-44(36)45/h1-33H. The highest BCUT2D eigenvalue weighted by Crippen LogP contribution is 2.44. The molecule has 2 heteroatoms. The van der Waals surface area contributed by atoms with Crippen LogP contribution in [0.5, 0.6) is 0 Å². The number of benzene rings is 9. The summed E-state index contributed by atoms with van der Waals surface area (Å²) in [6, 6.07) is 72.9. The second-order valence-electron chi connectivity index (χ2n) is 13.3. The second kappa shape index (κ2) is 12.7. The molecule has 0 unspecified atom stereocenters. The zero-order chi connectivity index (χ0) is 34.4. The summed E-state index contributed by atoms with van der Waals surface area (Å²) in [4.78, 5) is 2.39. The Morgan fingerprint density at radius 2 is 0.885 bits per heavy atom. The number of hydrogen-bond donors (Lipinski definition) is 0. The molecule has 1 aromatic heterocycles. The predicted octanol–water partition coefficient (Wildman–Crippen LogP) is 14.8. The number of anilines is 3. The first-order chi connectivity index (χ1) is 25.8. The van der Waals surface area contributed by atoms with Gasteiger partial charge in [-0.05, 0) is 97.4 Å². The fraction of sp³-hybridized carbons (Fsp3) is 0. The lowest BCUT2D eigenvalue weighted by Gasteiger charge is -2.26. The van der Waals surface area contributed by atoms with E-state index in [4.69, 9.17) is 0 Å². The van der Waals surface area contributed by atoms with Crippen LogP contribution in [-0.4, -0.2) is 0 Å². The number of nitrogens with zero attached hydrogens (tertiary/aromatic N) is 1. The van der Waals surface area contributed by atoms with Gasteiger partial charge < -0.3 is 4.90 Å². The van der Waals surface area contributed by atoms with E-state index in [2.05, 4.69) is 205 Å². The van der Waals surface area contributed by atoms with E-state index in [1.54, 1.807) is 0 Å². The molecule has 0 spiro atoms. The highest BCUT2D eigenvalue weighted by atomic mass is 32.1. The summed E-state index contributed by atoms with van der Waals surface area (Å²) in [5.74, 6) is 0. The first-order valence-electron chi connectivity index (χ1n) is 17.8. The molecule has 10 aromatic rings. The van der Waals surface area contributed by atoms with Crippen molar-refractivity contribution in [2.75, 3.05) is 4.90 Å². The predicted molar refractivity (Wildman–Crippen MR) is 225 cm³/mol. The fourth-order valence-electron chi connectivity index (χ4n) is 7.66. The molecule has 0 aliphatic carbocycles. The van der Waals surface area contributed by atoms with E-state index in [-0.39, 0.29) is 0 Å². The molecule has 1 nitrogen and oxygen atoms in total. The SMILES string of the molecule is c1ccc(-c2cccc3c2sc2cc(N(c4ccc(-c5ccc6ccccc6c5)cc4)c4ccc(-c5cccc6ccccc56)cc4)ccc23)cc1. The minimum absolute atomic E-state index is 1.12. The van der Waals surface area contributed by atoms with Gasteiger partial charge in [-0.3, -0.25) is 0 Å². The third-order valence-corrected chi connectivity index (χ3v) is 11.5. The largest absolute Gasteiger partial charge is 0.310 e. The minimum atomic E-state index is 1.12. The van der Waals surface area contributed by atoms with Gasteiger partial charge in [0.15, 0.2) is 0 Å². The summed E-state index contributed by atoms with van der Waals surface area (Å²) in [5, 5.41) is 7.63. The van der Waals surface area contributed by atoms with Crippen molar-refractivity contribution in [3.8, 4) is 33.4 Å². The van der Waals surface area contributed by atoms with Crippen molar-refractivity contribution in [1.82, 2.24) is 0 Å². The van der Waals surface area contributed by atoms with Crippen LogP contribution < -0.4 is 4.90 Å². The van der Waals surface area contributed by atoms with Crippen molar-refractivity contribution in [1.29, 1.82) is 0 Å². The molecule has 0 fully saturated rings. The monoisotopic (exact) mass is 679 g/mol. The maximum Gasteiger partial charge on any atom is 0.0476 e. The lowest BCUT2D eigenvalue weighted by molar-refractivity contribution is 1.29. The van der Waals surface area contributed by atoms with E-state index in [1.807, 2.05) is 11.3 Å². The molecule has 0 amide bonds.